The second kappa shape index (κ2) is 11.6. The van der Waals surface area contributed by atoms with Crippen LogP contribution in [0.1, 0.15) is 72.1 Å². The zero-order chi connectivity index (χ0) is 18.6. The van der Waals surface area contributed by atoms with E-state index in [0.717, 1.165) is 38.5 Å². The van der Waals surface area contributed by atoms with Crippen LogP contribution in [0.5, 0.6) is 0 Å². The van der Waals surface area contributed by atoms with Gasteiger partial charge in [0, 0.05) is 5.57 Å². The molecule has 0 amide bonds. The second-order valence-corrected chi connectivity index (χ2v) is 6.56. The number of hydrogen-bond acceptors (Lipinski definition) is 5. The first kappa shape index (κ1) is 22.1. The van der Waals surface area contributed by atoms with Crippen molar-refractivity contribution in [2.75, 3.05) is 6.61 Å². The molecule has 0 bridgehead atoms. The van der Waals surface area contributed by atoms with Gasteiger partial charge in [-0.25, -0.2) is 4.79 Å². The Labute approximate surface area is 144 Å². The van der Waals surface area contributed by atoms with Gasteiger partial charge in [0.2, 0.25) is 0 Å². The number of esters is 2. The molecule has 0 heterocycles. The number of rotatable bonds is 13. The molecular weight excluding hydrogens is 312 g/mol. The lowest BCUT2D eigenvalue weighted by molar-refractivity contribution is -0.152. The summed E-state index contributed by atoms with van der Waals surface area (Å²) in [6, 6.07) is 0. The molecule has 0 spiro atoms. The van der Waals surface area contributed by atoms with E-state index in [4.69, 9.17) is 14.6 Å². The number of carboxylic acid groups (broad SMARTS) is 1. The average Bonchev–Trinajstić information content (AvgIpc) is 2.47. The van der Waals surface area contributed by atoms with Crippen molar-refractivity contribution in [3.63, 3.8) is 0 Å². The van der Waals surface area contributed by atoms with Gasteiger partial charge in [0.25, 0.3) is 0 Å². The molecule has 0 radical (unpaired) electrons. The highest BCUT2D eigenvalue weighted by Crippen LogP contribution is 2.20. The van der Waals surface area contributed by atoms with Crippen molar-refractivity contribution in [3.05, 3.63) is 12.2 Å². The molecule has 0 aromatic carbocycles. The van der Waals surface area contributed by atoms with Crippen LogP contribution in [-0.2, 0) is 23.9 Å². The summed E-state index contributed by atoms with van der Waals surface area (Å²) >= 11 is 0. The van der Waals surface area contributed by atoms with E-state index in [1.54, 1.807) is 6.92 Å². The maximum atomic E-state index is 11.5. The van der Waals surface area contributed by atoms with E-state index in [-0.39, 0.29) is 18.8 Å². The zero-order valence-electron chi connectivity index (χ0n) is 15.1. The normalized spacial score (nSPS) is 11.0. The molecular formula is C18H30O6. The van der Waals surface area contributed by atoms with Gasteiger partial charge < -0.3 is 14.6 Å². The molecule has 6 nitrogen and oxygen atoms in total. The zero-order valence-corrected chi connectivity index (χ0v) is 15.1. The fourth-order valence-corrected chi connectivity index (χ4v) is 2.04. The third-order valence-corrected chi connectivity index (χ3v) is 3.45. The number of unbranched alkanes of at least 4 members (excludes halogenated alkanes) is 4. The molecule has 138 valence electrons. The van der Waals surface area contributed by atoms with Gasteiger partial charge in [-0.1, -0.05) is 25.8 Å². The van der Waals surface area contributed by atoms with E-state index in [9.17, 15) is 14.4 Å². The fraction of sp³-hybridized carbons (Fsp3) is 0.722. The van der Waals surface area contributed by atoms with E-state index in [2.05, 4.69) is 6.58 Å². The molecule has 24 heavy (non-hydrogen) atoms. The summed E-state index contributed by atoms with van der Waals surface area (Å²) in [5.74, 6) is -1.81. The highest BCUT2D eigenvalue weighted by Gasteiger charge is 2.22. The Morgan fingerprint density at radius 1 is 1.00 bits per heavy atom. The largest absolute Gasteiger partial charge is 0.481 e. The molecule has 0 aromatic heterocycles. The number of ether oxygens (including phenoxy) is 2. The average molecular weight is 342 g/mol. The Morgan fingerprint density at radius 2 is 1.58 bits per heavy atom. The highest BCUT2D eigenvalue weighted by molar-refractivity contribution is 5.87. The van der Waals surface area contributed by atoms with Crippen molar-refractivity contribution in [1.29, 1.82) is 0 Å². The minimum absolute atomic E-state index is 0.0761. The van der Waals surface area contributed by atoms with Crippen LogP contribution in [0.2, 0.25) is 0 Å². The Hall–Kier alpha value is -1.85. The van der Waals surface area contributed by atoms with Gasteiger partial charge in [0.05, 0.1) is 19.4 Å². The summed E-state index contributed by atoms with van der Waals surface area (Å²) in [6.45, 7) is 9.32. The number of carbonyl (C=O) groups excluding carboxylic acids is 2. The van der Waals surface area contributed by atoms with Gasteiger partial charge >= 0.3 is 17.9 Å². The first-order valence-corrected chi connectivity index (χ1v) is 8.40. The van der Waals surface area contributed by atoms with Crippen molar-refractivity contribution in [3.8, 4) is 0 Å². The van der Waals surface area contributed by atoms with Crippen LogP contribution >= 0.6 is 0 Å². The topological polar surface area (TPSA) is 89.9 Å². The van der Waals surface area contributed by atoms with Crippen LogP contribution in [-0.4, -0.2) is 35.2 Å². The van der Waals surface area contributed by atoms with Crippen LogP contribution < -0.4 is 0 Å². The third-order valence-electron chi connectivity index (χ3n) is 3.45. The molecule has 0 rings (SSSR count). The summed E-state index contributed by atoms with van der Waals surface area (Å²) in [5, 5.41) is 8.45. The first-order valence-electron chi connectivity index (χ1n) is 8.40. The van der Waals surface area contributed by atoms with Gasteiger partial charge in [0.15, 0.2) is 0 Å². The maximum absolute atomic E-state index is 11.5. The molecule has 0 atom stereocenters. The summed E-state index contributed by atoms with van der Waals surface area (Å²) in [5.41, 5.74) is -0.0867. The van der Waals surface area contributed by atoms with Gasteiger partial charge in [-0.15, -0.1) is 0 Å². The Bertz CT molecular complexity index is 439. The molecule has 0 fully saturated rings. The fourth-order valence-electron chi connectivity index (χ4n) is 2.04. The lowest BCUT2D eigenvalue weighted by Crippen LogP contribution is -2.28. The second-order valence-electron chi connectivity index (χ2n) is 6.56. The number of carbonyl (C=O) groups is 3. The number of carboxylic acids is 1. The van der Waals surface area contributed by atoms with Crippen molar-refractivity contribution in [2.24, 2.45) is 0 Å². The van der Waals surface area contributed by atoms with E-state index in [1.807, 2.05) is 13.8 Å². The van der Waals surface area contributed by atoms with Crippen molar-refractivity contribution < 1.29 is 29.0 Å². The SMILES string of the molecule is C=C(C)C(=O)OC(C)(C)CCCCCCCOC(=O)CCC(=O)O. The monoisotopic (exact) mass is 342 g/mol. The summed E-state index contributed by atoms with van der Waals surface area (Å²) in [7, 11) is 0. The highest BCUT2D eigenvalue weighted by atomic mass is 16.6. The van der Waals surface area contributed by atoms with Crippen LogP contribution in [0.4, 0.5) is 0 Å². The van der Waals surface area contributed by atoms with Crippen molar-refractivity contribution in [1.82, 2.24) is 0 Å². The standard InChI is InChI=1S/C18H30O6/c1-14(2)17(22)24-18(3,4)12-8-6-5-7-9-13-23-16(21)11-10-15(19)20/h1,5-13H2,2-4H3,(H,19,20). The van der Waals surface area contributed by atoms with Gasteiger partial charge in [-0.3, -0.25) is 9.59 Å². The van der Waals surface area contributed by atoms with E-state index in [0.29, 0.717) is 12.2 Å². The minimum Gasteiger partial charge on any atom is -0.481 e. The lowest BCUT2D eigenvalue weighted by Gasteiger charge is -2.25. The van der Waals surface area contributed by atoms with Crippen LogP contribution in [0.25, 0.3) is 0 Å². The molecule has 0 aliphatic carbocycles. The third kappa shape index (κ3) is 12.7. The minimum atomic E-state index is -0.996. The molecule has 6 heteroatoms. The first-order chi connectivity index (χ1) is 11.1. The summed E-state index contributed by atoms with van der Waals surface area (Å²) in [4.78, 5) is 33.0. The van der Waals surface area contributed by atoms with Gasteiger partial charge in [0.1, 0.15) is 5.60 Å². The quantitative estimate of drug-likeness (QED) is 0.312. The van der Waals surface area contributed by atoms with Gasteiger partial charge in [-0.05, 0) is 40.0 Å². The molecule has 0 unspecified atom stereocenters. The molecule has 0 aliphatic heterocycles. The number of hydrogen-bond donors (Lipinski definition) is 1. The maximum Gasteiger partial charge on any atom is 0.333 e. The molecule has 0 saturated carbocycles. The van der Waals surface area contributed by atoms with Gasteiger partial charge in [-0.2, -0.15) is 0 Å². The van der Waals surface area contributed by atoms with Crippen molar-refractivity contribution >= 4 is 17.9 Å². The van der Waals surface area contributed by atoms with E-state index in [1.165, 1.54) is 0 Å². The Kier molecular flexibility index (Phi) is 10.8. The predicted molar refractivity (Wildman–Crippen MR) is 90.5 cm³/mol. The molecule has 0 aromatic rings. The summed E-state index contributed by atoms with van der Waals surface area (Å²) in [6.07, 6.45) is 5.21. The van der Waals surface area contributed by atoms with Crippen LogP contribution in [0.3, 0.4) is 0 Å². The number of aliphatic carboxylic acids is 1. The smallest absolute Gasteiger partial charge is 0.333 e. The molecule has 1 N–H and O–H groups in total. The van der Waals surface area contributed by atoms with E-state index < -0.39 is 17.5 Å². The van der Waals surface area contributed by atoms with Crippen LogP contribution in [0, 0.1) is 0 Å². The molecule has 0 aliphatic rings. The summed E-state index contributed by atoms with van der Waals surface area (Å²) < 4.78 is 10.3. The van der Waals surface area contributed by atoms with E-state index >= 15 is 0 Å². The molecule has 0 saturated heterocycles. The Balaban J connectivity index is 3.60. The predicted octanol–water partition coefficient (Wildman–Crippen LogP) is 3.63. The Morgan fingerprint density at radius 3 is 2.17 bits per heavy atom. The van der Waals surface area contributed by atoms with Crippen LogP contribution in [0.15, 0.2) is 12.2 Å². The lowest BCUT2D eigenvalue weighted by atomic mass is 9.99. The van der Waals surface area contributed by atoms with Crippen molar-refractivity contribution in [2.45, 2.75) is 77.7 Å².